The number of methoxy groups -OCH3 is 1. The second kappa shape index (κ2) is 7.00. The lowest BCUT2D eigenvalue weighted by Gasteiger charge is -2.31. The van der Waals surface area contributed by atoms with Crippen LogP contribution in [-0.2, 0) is 9.53 Å². The molecule has 2 heterocycles. The zero-order chi connectivity index (χ0) is 14.4. The van der Waals surface area contributed by atoms with E-state index in [2.05, 4.69) is 14.9 Å². The molecule has 1 fully saturated rings. The Labute approximate surface area is 118 Å². The number of carbonyl (C=O) groups is 1. The third-order valence-electron chi connectivity index (χ3n) is 3.38. The maximum absolute atomic E-state index is 10.4. The van der Waals surface area contributed by atoms with Crippen LogP contribution < -0.4 is 4.90 Å². The quantitative estimate of drug-likeness (QED) is 0.821. The topological polar surface area (TPSA) is 75.5 Å². The first-order valence-corrected chi connectivity index (χ1v) is 6.66. The normalized spacial score (nSPS) is 16.8. The molecule has 1 aliphatic rings. The highest BCUT2D eigenvalue weighted by Gasteiger charge is 2.20. The lowest BCUT2D eigenvalue weighted by molar-refractivity contribution is -0.131. The number of nitrogens with zero attached hydrogens (tertiary/aromatic N) is 3. The van der Waals surface area contributed by atoms with Crippen LogP contribution in [0.1, 0.15) is 18.4 Å². The highest BCUT2D eigenvalue weighted by molar-refractivity contribution is 5.85. The van der Waals surface area contributed by atoms with Gasteiger partial charge in [0.15, 0.2) is 0 Å². The molecule has 0 radical (unpaired) electrons. The summed E-state index contributed by atoms with van der Waals surface area (Å²) in [6.07, 6.45) is 8.01. The van der Waals surface area contributed by atoms with E-state index in [1.54, 1.807) is 19.5 Å². The Morgan fingerprint density at radius 2 is 2.10 bits per heavy atom. The van der Waals surface area contributed by atoms with E-state index in [1.807, 2.05) is 0 Å². The van der Waals surface area contributed by atoms with Gasteiger partial charge in [-0.1, -0.05) is 0 Å². The maximum atomic E-state index is 10.4. The highest BCUT2D eigenvalue weighted by atomic mass is 16.5. The van der Waals surface area contributed by atoms with Gasteiger partial charge >= 0.3 is 5.97 Å². The molecular formula is C14H19N3O3. The third-order valence-corrected chi connectivity index (χ3v) is 3.38. The maximum Gasteiger partial charge on any atom is 0.328 e. The Morgan fingerprint density at radius 1 is 1.45 bits per heavy atom. The second-order valence-electron chi connectivity index (χ2n) is 4.87. The predicted octanol–water partition coefficient (Wildman–Crippen LogP) is 1.44. The molecule has 6 nitrogen and oxygen atoms in total. The van der Waals surface area contributed by atoms with Crippen LogP contribution in [0.2, 0.25) is 0 Å². The van der Waals surface area contributed by atoms with Gasteiger partial charge in [0.25, 0.3) is 0 Å². The molecule has 0 saturated carbocycles. The van der Waals surface area contributed by atoms with Crippen molar-refractivity contribution in [2.24, 2.45) is 5.92 Å². The molecule has 2 rings (SSSR count). The van der Waals surface area contributed by atoms with E-state index in [1.165, 1.54) is 6.08 Å². The summed E-state index contributed by atoms with van der Waals surface area (Å²) in [5, 5.41) is 8.56. The molecule has 0 atom stereocenters. The van der Waals surface area contributed by atoms with Crippen molar-refractivity contribution < 1.29 is 14.6 Å². The first kappa shape index (κ1) is 14.5. The average Bonchev–Trinajstić information content (AvgIpc) is 2.47. The number of carboxylic acid groups (broad SMARTS) is 1. The summed E-state index contributed by atoms with van der Waals surface area (Å²) < 4.78 is 5.18. The van der Waals surface area contributed by atoms with Crippen LogP contribution in [0.4, 0.5) is 5.95 Å². The van der Waals surface area contributed by atoms with E-state index in [4.69, 9.17) is 9.84 Å². The number of anilines is 1. The second-order valence-corrected chi connectivity index (χ2v) is 4.87. The number of aliphatic carboxylic acids is 1. The lowest BCUT2D eigenvalue weighted by atomic mass is 9.98. The third kappa shape index (κ3) is 4.03. The number of carboxylic acids is 1. The van der Waals surface area contributed by atoms with Crippen molar-refractivity contribution in [2.45, 2.75) is 12.8 Å². The Hall–Kier alpha value is -1.95. The van der Waals surface area contributed by atoms with Gasteiger partial charge < -0.3 is 14.7 Å². The minimum absolute atomic E-state index is 0.619. The molecule has 0 aromatic carbocycles. The van der Waals surface area contributed by atoms with E-state index >= 15 is 0 Å². The number of piperidine rings is 1. The Kier molecular flexibility index (Phi) is 5.06. The summed E-state index contributed by atoms with van der Waals surface area (Å²) in [5.74, 6) is 0.344. The van der Waals surface area contributed by atoms with Gasteiger partial charge in [0, 0.05) is 50.8 Å². The smallest absolute Gasteiger partial charge is 0.328 e. The van der Waals surface area contributed by atoms with Gasteiger partial charge in [-0.15, -0.1) is 0 Å². The molecule has 1 aliphatic heterocycles. The molecule has 0 spiro atoms. The van der Waals surface area contributed by atoms with Crippen LogP contribution in [0.25, 0.3) is 6.08 Å². The minimum Gasteiger partial charge on any atom is -0.478 e. The van der Waals surface area contributed by atoms with E-state index in [0.717, 1.165) is 38.6 Å². The molecule has 1 saturated heterocycles. The number of aromatic nitrogens is 2. The highest BCUT2D eigenvalue weighted by Crippen LogP contribution is 2.20. The zero-order valence-electron chi connectivity index (χ0n) is 11.5. The van der Waals surface area contributed by atoms with Crippen LogP contribution in [0, 0.1) is 5.92 Å². The van der Waals surface area contributed by atoms with E-state index in [9.17, 15) is 4.79 Å². The van der Waals surface area contributed by atoms with Gasteiger partial charge in [0.2, 0.25) is 5.95 Å². The van der Waals surface area contributed by atoms with Crippen LogP contribution in [-0.4, -0.2) is 47.8 Å². The van der Waals surface area contributed by atoms with Gasteiger partial charge in [-0.2, -0.15) is 0 Å². The number of hydrogen-bond donors (Lipinski definition) is 1. The van der Waals surface area contributed by atoms with Crippen molar-refractivity contribution in [1.82, 2.24) is 9.97 Å². The SMILES string of the molecule is COCC1CCN(c2ncc(/C=C/C(=O)O)cn2)CC1. The molecule has 0 amide bonds. The van der Waals surface area contributed by atoms with E-state index in [0.29, 0.717) is 17.4 Å². The molecule has 1 aromatic heterocycles. The van der Waals surface area contributed by atoms with Gasteiger partial charge in [0.05, 0.1) is 0 Å². The number of hydrogen-bond acceptors (Lipinski definition) is 5. The first-order chi connectivity index (χ1) is 9.69. The summed E-state index contributed by atoms with van der Waals surface area (Å²) >= 11 is 0. The van der Waals surface area contributed by atoms with Crippen molar-refractivity contribution in [3.63, 3.8) is 0 Å². The zero-order valence-corrected chi connectivity index (χ0v) is 11.5. The van der Waals surface area contributed by atoms with Crippen LogP contribution in [0.15, 0.2) is 18.5 Å². The monoisotopic (exact) mass is 277 g/mol. The summed E-state index contributed by atoms with van der Waals surface area (Å²) in [5.41, 5.74) is 0.686. The number of rotatable bonds is 5. The van der Waals surface area contributed by atoms with Crippen LogP contribution in [0.3, 0.4) is 0 Å². The fourth-order valence-electron chi connectivity index (χ4n) is 2.28. The molecule has 108 valence electrons. The Balaban J connectivity index is 1.92. The van der Waals surface area contributed by atoms with Crippen molar-refractivity contribution in [3.8, 4) is 0 Å². The summed E-state index contributed by atoms with van der Waals surface area (Å²) in [4.78, 5) is 21.2. The molecule has 20 heavy (non-hydrogen) atoms. The Bertz CT molecular complexity index is 465. The molecule has 0 unspecified atom stereocenters. The molecule has 1 N–H and O–H groups in total. The largest absolute Gasteiger partial charge is 0.478 e. The predicted molar refractivity (Wildman–Crippen MR) is 75.5 cm³/mol. The van der Waals surface area contributed by atoms with Gasteiger partial charge in [-0.3, -0.25) is 0 Å². The molecule has 6 heteroatoms. The van der Waals surface area contributed by atoms with E-state index < -0.39 is 5.97 Å². The van der Waals surface area contributed by atoms with Crippen molar-refractivity contribution in [1.29, 1.82) is 0 Å². The van der Waals surface area contributed by atoms with Gasteiger partial charge in [0.1, 0.15) is 0 Å². The van der Waals surface area contributed by atoms with Crippen molar-refractivity contribution in [3.05, 3.63) is 24.0 Å². The van der Waals surface area contributed by atoms with Crippen LogP contribution >= 0.6 is 0 Å². The first-order valence-electron chi connectivity index (χ1n) is 6.66. The van der Waals surface area contributed by atoms with Crippen molar-refractivity contribution >= 4 is 18.0 Å². The lowest BCUT2D eigenvalue weighted by Crippen LogP contribution is -2.36. The fourth-order valence-corrected chi connectivity index (χ4v) is 2.28. The Morgan fingerprint density at radius 3 is 2.65 bits per heavy atom. The molecular weight excluding hydrogens is 258 g/mol. The molecule has 0 bridgehead atoms. The summed E-state index contributed by atoms with van der Waals surface area (Å²) in [6, 6.07) is 0. The molecule has 1 aromatic rings. The minimum atomic E-state index is -0.978. The fraction of sp³-hybridized carbons (Fsp3) is 0.500. The summed E-state index contributed by atoms with van der Waals surface area (Å²) in [7, 11) is 1.73. The standard InChI is InChI=1S/C14H19N3O3/c1-20-10-11-4-6-17(7-5-11)14-15-8-12(9-16-14)2-3-13(18)19/h2-3,8-9,11H,4-7,10H2,1H3,(H,18,19)/b3-2+. The number of ether oxygens (including phenoxy) is 1. The van der Waals surface area contributed by atoms with Crippen molar-refractivity contribution in [2.75, 3.05) is 31.7 Å². The van der Waals surface area contributed by atoms with Gasteiger partial charge in [-0.05, 0) is 24.8 Å². The van der Waals surface area contributed by atoms with E-state index in [-0.39, 0.29) is 0 Å². The van der Waals surface area contributed by atoms with Crippen LogP contribution in [0.5, 0.6) is 0 Å². The van der Waals surface area contributed by atoms with Gasteiger partial charge in [-0.25, -0.2) is 14.8 Å². The average molecular weight is 277 g/mol. The molecule has 0 aliphatic carbocycles. The summed E-state index contributed by atoms with van der Waals surface area (Å²) in [6.45, 7) is 2.67.